The number of hydrogen-bond acceptors (Lipinski definition) is 2. The normalized spacial score (nSPS) is 21.9. The molecule has 2 N–H and O–H groups in total. The summed E-state index contributed by atoms with van der Waals surface area (Å²) in [7, 11) is 0. The van der Waals surface area contributed by atoms with Crippen molar-refractivity contribution in [1.29, 1.82) is 0 Å². The van der Waals surface area contributed by atoms with Crippen molar-refractivity contribution in [1.82, 2.24) is 4.90 Å². The van der Waals surface area contributed by atoms with Gasteiger partial charge in [0.05, 0.1) is 0 Å². The molecular weight excluding hydrogens is 208 g/mol. The van der Waals surface area contributed by atoms with Crippen LogP contribution in [0.5, 0.6) is 0 Å². The lowest BCUT2D eigenvalue weighted by atomic mass is 9.94. The van der Waals surface area contributed by atoms with E-state index in [1.807, 2.05) is 6.07 Å². The molecule has 94 valence electrons. The lowest BCUT2D eigenvalue weighted by molar-refractivity contribution is 0.132. The third kappa shape index (κ3) is 3.22. The van der Waals surface area contributed by atoms with Crippen LogP contribution in [0, 0.1) is 5.92 Å². The maximum Gasteiger partial charge on any atom is 0.0349 e. The highest BCUT2D eigenvalue weighted by molar-refractivity contribution is 5.41. The van der Waals surface area contributed by atoms with Gasteiger partial charge in [-0.05, 0) is 43.0 Å². The van der Waals surface area contributed by atoms with Crippen LogP contribution in [0.1, 0.15) is 44.7 Å². The smallest absolute Gasteiger partial charge is 0.0349 e. The number of nitrogen functional groups attached to an aromatic ring is 1. The Labute approximate surface area is 105 Å². The van der Waals surface area contributed by atoms with Crippen LogP contribution >= 0.6 is 0 Å². The second-order valence-corrected chi connectivity index (χ2v) is 5.57. The molecule has 2 nitrogen and oxygen atoms in total. The van der Waals surface area contributed by atoms with Crippen molar-refractivity contribution in [3.8, 4) is 0 Å². The van der Waals surface area contributed by atoms with Crippen molar-refractivity contribution >= 4 is 5.69 Å². The molecule has 1 heterocycles. The third-order valence-electron chi connectivity index (χ3n) is 3.51. The topological polar surface area (TPSA) is 29.3 Å². The molecule has 0 aliphatic carbocycles. The summed E-state index contributed by atoms with van der Waals surface area (Å²) in [6, 6.07) is 8.99. The molecule has 1 saturated heterocycles. The van der Waals surface area contributed by atoms with Gasteiger partial charge >= 0.3 is 0 Å². The predicted molar refractivity (Wildman–Crippen MR) is 73.9 cm³/mol. The Balaban J connectivity index is 2.15. The highest BCUT2D eigenvalue weighted by Gasteiger charge is 2.24. The minimum absolute atomic E-state index is 0.578. The molecular formula is C15H24N2. The van der Waals surface area contributed by atoms with Crippen LogP contribution in [0.15, 0.2) is 24.3 Å². The molecule has 0 spiro atoms. The first-order valence-electron chi connectivity index (χ1n) is 6.76. The van der Waals surface area contributed by atoms with Crippen LogP contribution in [0.2, 0.25) is 0 Å². The maximum atomic E-state index is 5.89. The van der Waals surface area contributed by atoms with Crippen molar-refractivity contribution in [2.45, 2.75) is 39.2 Å². The second-order valence-electron chi connectivity index (χ2n) is 5.57. The number of nitrogens with zero attached hydrogens (tertiary/aromatic N) is 1. The number of rotatable bonds is 3. The van der Waals surface area contributed by atoms with Crippen molar-refractivity contribution in [2.75, 3.05) is 18.8 Å². The van der Waals surface area contributed by atoms with Crippen LogP contribution in [0.25, 0.3) is 0 Å². The first-order valence-corrected chi connectivity index (χ1v) is 6.76. The second kappa shape index (κ2) is 5.54. The first-order chi connectivity index (χ1) is 8.16. The van der Waals surface area contributed by atoms with Gasteiger partial charge in [0.2, 0.25) is 0 Å². The van der Waals surface area contributed by atoms with Gasteiger partial charge < -0.3 is 5.73 Å². The molecule has 1 atom stereocenters. The number of piperidine rings is 1. The maximum absolute atomic E-state index is 5.89. The van der Waals surface area contributed by atoms with E-state index in [9.17, 15) is 0 Å². The largest absolute Gasteiger partial charge is 0.399 e. The van der Waals surface area contributed by atoms with Gasteiger partial charge in [0.25, 0.3) is 0 Å². The molecule has 1 aromatic rings. The molecule has 0 amide bonds. The predicted octanol–water partition coefficient (Wildman–Crippen LogP) is 3.45. The molecule has 1 aliphatic rings. The van der Waals surface area contributed by atoms with Crippen molar-refractivity contribution < 1.29 is 0 Å². The van der Waals surface area contributed by atoms with Gasteiger partial charge in [-0.1, -0.05) is 32.4 Å². The standard InChI is InChI=1S/C15H24N2/c1-12(2)11-17-9-4-3-8-15(17)13-6-5-7-14(16)10-13/h5-7,10,12,15H,3-4,8-9,11,16H2,1-2H3. The Hall–Kier alpha value is -1.02. The molecule has 1 fully saturated rings. The zero-order chi connectivity index (χ0) is 12.3. The number of anilines is 1. The Kier molecular flexibility index (Phi) is 4.06. The molecule has 0 aromatic heterocycles. The molecule has 1 aliphatic heterocycles. The number of benzene rings is 1. The summed E-state index contributed by atoms with van der Waals surface area (Å²) in [5, 5.41) is 0. The molecule has 0 saturated carbocycles. The highest BCUT2D eigenvalue weighted by atomic mass is 15.2. The van der Waals surface area contributed by atoms with E-state index in [-0.39, 0.29) is 0 Å². The number of nitrogens with two attached hydrogens (primary N) is 1. The summed E-state index contributed by atoms with van der Waals surface area (Å²) in [6.07, 6.45) is 3.95. The Morgan fingerprint density at radius 2 is 2.18 bits per heavy atom. The SMILES string of the molecule is CC(C)CN1CCCCC1c1cccc(N)c1. The van der Waals surface area contributed by atoms with E-state index in [0.29, 0.717) is 6.04 Å². The Bertz CT molecular complexity index is 360. The lowest BCUT2D eigenvalue weighted by Crippen LogP contribution is -2.36. The third-order valence-corrected chi connectivity index (χ3v) is 3.51. The minimum atomic E-state index is 0.578. The van der Waals surface area contributed by atoms with Crippen LogP contribution in [-0.4, -0.2) is 18.0 Å². The zero-order valence-corrected chi connectivity index (χ0v) is 11.0. The fraction of sp³-hybridized carbons (Fsp3) is 0.600. The monoisotopic (exact) mass is 232 g/mol. The molecule has 2 heteroatoms. The van der Waals surface area contributed by atoms with Crippen LogP contribution < -0.4 is 5.73 Å². The fourth-order valence-corrected chi connectivity index (χ4v) is 2.82. The van der Waals surface area contributed by atoms with Crippen LogP contribution in [0.3, 0.4) is 0 Å². The van der Waals surface area contributed by atoms with Crippen LogP contribution in [0.4, 0.5) is 5.69 Å². The summed E-state index contributed by atoms with van der Waals surface area (Å²) in [5.74, 6) is 0.733. The summed E-state index contributed by atoms with van der Waals surface area (Å²) in [6.45, 7) is 7.02. The van der Waals surface area contributed by atoms with E-state index in [0.717, 1.165) is 11.6 Å². The van der Waals surface area contributed by atoms with E-state index in [1.54, 1.807) is 0 Å². The zero-order valence-electron chi connectivity index (χ0n) is 11.0. The van der Waals surface area contributed by atoms with E-state index in [1.165, 1.54) is 37.9 Å². The van der Waals surface area contributed by atoms with Crippen molar-refractivity contribution in [2.24, 2.45) is 5.92 Å². The lowest BCUT2D eigenvalue weighted by Gasteiger charge is -2.37. The molecule has 17 heavy (non-hydrogen) atoms. The van der Waals surface area contributed by atoms with Crippen molar-refractivity contribution in [3.05, 3.63) is 29.8 Å². The van der Waals surface area contributed by atoms with Gasteiger partial charge in [-0.25, -0.2) is 0 Å². The fourth-order valence-electron chi connectivity index (χ4n) is 2.82. The molecule has 0 bridgehead atoms. The summed E-state index contributed by atoms with van der Waals surface area (Å²) < 4.78 is 0. The molecule has 0 radical (unpaired) electrons. The molecule has 2 rings (SSSR count). The number of hydrogen-bond donors (Lipinski definition) is 1. The average molecular weight is 232 g/mol. The van der Waals surface area contributed by atoms with E-state index in [4.69, 9.17) is 5.73 Å². The van der Waals surface area contributed by atoms with Gasteiger partial charge in [-0.3, -0.25) is 4.90 Å². The van der Waals surface area contributed by atoms with Crippen LogP contribution in [-0.2, 0) is 0 Å². The molecule has 1 unspecified atom stereocenters. The van der Waals surface area contributed by atoms with E-state index >= 15 is 0 Å². The summed E-state index contributed by atoms with van der Waals surface area (Å²) in [5.41, 5.74) is 8.17. The number of likely N-dealkylation sites (tertiary alicyclic amines) is 1. The Morgan fingerprint density at radius 1 is 1.35 bits per heavy atom. The van der Waals surface area contributed by atoms with Gasteiger partial charge in [-0.15, -0.1) is 0 Å². The van der Waals surface area contributed by atoms with Gasteiger partial charge in [-0.2, -0.15) is 0 Å². The quantitative estimate of drug-likeness (QED) is 0.809. The molecule has 1 aromatic carbocycles. The van der Waals surface area contributed by atoms with Crippen molar-refractivity contribution in [3.63, 3.8) is 0 Å². The van der Waals surface area contributed by atoms with E-state index in [2.05, 4.69) is 36.9 Å². The van der Waals surface area contributed by atoms with Gasteiger partial charge in [0.15, 0.2) is 0 Å². The van der Waals surface area contributed by atoms with Gasteiger partial charge in [0, 0.05) is 18.3 Å². The van der Waals surface area contributed by atoms with Gasteiger partial charge in [0.1, 0.15) is 0 Å². The summed E-state index contributed by atoms with van der Waals surface area (Å²) >= 11 is 0. The average Bonchev–Trinajstić information content (AvgIpc) is 2.29. The minimum Gasteiger partial charge on any atom is -0.399 e. The Morgan fingerprint density at radius 3 is 2.88 bits per heavy atom. The van der Waals surface area contributed by atoms with E-state index < -0.39 is 0 Å². The highest BCUT2D eigenvalue weighted by Crippen LogP contribution is 2.32. The first kappa shape index (κ1) is 12.4. The summed E-state index contributed by atoms with van der Waals surface area (Å²) in [4.78, 5) is 2.63.